The van der Waals surface area contributed by atoms with E-state index in [1.807, 2.05) is 65.7 Å². The number of nitrogens with zero attached hydrogens (tertiary/aromatic N) is 1. The van der Waals surface area contributed by atoms with Gasteiger partial charge < -0.3 is 24.4 Å². The largest absolute Gasteiger partial charge is 0.497 e. The number of Topliss-reactive ketones (excluding diaryl/α,β-unsaturated/α-hetero) is 2. The molecule has 1 spiro atoms. The Morgan fingerprint density at radius 2 is 1.50 bits per heavy atom. The van der Waals surface area contributed by atoms with E-state index in [9.17, 15) is 9.59 Å². The van der Waals surface area contributed by atoms with E-state index in [1.54, 1.807) is 49.6 Å². The van der Waals surface area contributed by atoms with Gasteiger partial charge in [-0.2, -0.15) is 0 Å². The number of anilines is 1. The third-order valence-corrected chi connectivity index (χ3v) is 9.17. The van der Waals surface area contributed by atoms with Crippen LogP contribution < -0.4 is 19.5 Å². The van der Waals surface area contributed by atoms with Gasteiger partial charge in [0.05, 0.1) is 38.9 Å². The second kappa shape index (κ2) is 10.4. The minimum Gasteiger partial charge on any atom is -0.497 e. The molecule has 0 saturated carbocycles. The first-order valence-corrected chi connectivity index (χ1v) is 14.3. The minimum atomic E-state index is -1.44. The van der Waals surface area contributed by atoms with E-state index in [1.165, 1.54) is 14.2 Å². The summed E-state index contributed by atoms with van der Waals surface area (Å²) in [7, 11) is 4.58. The Hall–Kier alpha value is -5.37. The lowest BCUT2D eigenvalue weighted by atomic mass is 9.62. The van der Waals surface area contributed by atoms with Gasteiger partial charge in [-0.3, -0.25) is 14.4 Å². The third kappa shape index (κ3) is 3.80. The standard InChI is InChI=1S/C36H30N2O6/c1-42-23-14-12-22(13-15-23)32(39)31-30(33(40)26-17-16-24(43-2)20-29(26)44-3)36(27-10-6-7-11-28(27)37-35(36)41)34-25-9-5-4-8-21(25)18-19-38(31)34/h4-20,30-31,34H,1-3H3,(H,37,41)/t30-,31-,34-,36+/m1/s1. The molecule has 1 amide bonds. The van der Waals surface area contributed by atoms with Crippen LogP contribution in [-0.2, 0) is 10.2 Å². The van der Waals surface area contributed by atoms with Crippen LogP contribution in [0.4, 0.5) is 5.69 Å². The Labute approximate surface area is 254 Å². The Balaban J connectivity index is 1.52. The van der Waals surface area contributed by atoms with E-state index in [0.717, 1.165) is 11.1 Å². The number of carbonyl (C=O) groups is 3. The number of hydrogen-bond donors (Lipinski definition) is 1. The Bertz CT molecular complexity index is 1850. The van der Waals surface area contributed by atoms with Crippen molar-refractivity contribution in [1.29, 1.82) is 0 Å². The van der Waals surface area contributed by atoms with Crippen LogP contribution in [0.3, 0.4) is 0 Å². The van der Waals surface area contributed by atoms with E-state index >= 15 is 4.79 Å². The van der Waals surface area contributed by atoms with Crippen molar-refractivity contribution in [2.45, 2.75) is 17.5 Å². The van der Waals surface area contributed by atoms with Crippen molar-refractivity contribution in [3.63, 3.8) is 0 Å². The number of hydrogen-bond acceptors (Lipinski definition) is 7. The number of benzene rings is 4. The van der Waals surface area contributed by atoms with Gasteiger partial charge in [-0.05, 0) is 65.2 Å². The average Bonchev–Trinajstić information content (AvgIpc) is 3.55. The molecule has 3 aliphatic rings. The van der Waals surface area contributed by atoms with Crippen molar-refractivity contribution < 1.29 is 28.6 Å². The molecular weight excluding hydrogens is 556 g/mol. The molecule has 4 aromatic carbocycles. The minimum absolute atomic E-state index is 0.263. The van der Waals surface area contributed by atoms with Gasteiger partial charge in [0.2, 0.25) is 5.91 Å². The molecule has 3 aliphatic heterocycles. The normalized spacial score (nSPS) is 22.6. The Morgan fingerprint density at radius 1 is 0.795 bits per heavy atom. The third-order valence-electron chi connectivity index (χ3n) is 9.17. The summed E-state index contributed by atoms with van der Waals surface area (Å²) in [5, 5.41) is 3.07. The fourth-order valence-corrected chi connectivity index (χ4v) is 7.26. The molecule has 0 radical (unpaired) electrons. The summed E-state index contributed by atoms with van der Waals surface area (Å²) in [5.41, 5.74) is 2.33. The molecule has 8 heteroatoms. The molecule has 7 rings (SSSR count). The average molecular weight is 587 g/mol. The van der Waals surface area contributed by atoms with Crippen molar-refractivity contribution >= 4 is 29.2 Å². The number of methoxy groups -OCH3 is 3. The lowest BCUT2D eigenvalue weighted by molar-refractivity contribution is -0.122. The van der Waals surface area contributed by atoms with Crippen molar-refractivity contribution in [2.24, 2.45) is 5.92 Å². The summed E-state index contributed by atoms with van der Waals surface area (Å²) >= 11 is 0. The lowest BCUT2D eigenvalue weighted by Gasteiger charge is -2.38. The first-order valence-electron chi connectivity index (χ1n) is 14.3. The fraction of sp³-hybridized carbons (Fsp3) is 0.194. The maximum Gasteiger partial charge on any atom is 0.238 e. The van der Waals surface area contributed by atoms with Crippen LogP contribution in [0.5, 0.6) is 17.2 Å². The van der Waals surface area contributed by atoms with Crippen molar-refractivity contribution in [1.82, 2.24) is 4.90 Å². The molecule has 1 N–H and O–H groups in total. The van der Waals surface area contributed by atoms with Crippen LogP contribution in [0.15, 0.2) is 97.2 Å². The zero-order valence-electron chi connectivity index (χ0n) is 24.4. The molecule has 3 heterocycles. The number of fused-ring (bicyclic) bond motifs is 6. The Kier molecular flexibility index (Phi) is 6.50. The summed E-state index contributed by atoms with van der Waals surface area (Å²) in [6.07, 6.45) is 3.79. The maximum absolute atomic E-state index is 15.1. The fourth-order valence-electron chi connectivity index (χ4n) is 7.26. The van der Waals surface area contributed by atoms with Gasteiger partial charge in [0.15, 0.2) is 11.6 Å². The van der Waals surface area contributed by atoms with Gasteiger partial charge in [0, 0.05) is 23.5 Å². The van der Waals surface area contributed by atoms with E-state index in [2.05, 4.69) is 5.32 Å². The van der Waals surface area contributed by atoms with Crippen LogP contribution in [0, 0.1) is 5.92 Å². The quantitative estimate of drug-likeness (QED) is 0.278. The van der Waals surface area contributed by atoms with Crippen LogP contribution in [-0.4, -0.2) is 49.7 Å². The molecule has 1 fully saturated rings. The number of ether oxygens (including phenoxy) is 3. The van der Waals surface area contributed by atoms with Gasteiger partial charge in [0.25, 0.3) is 0 Å². The van der Waals surface area contributed by atoms with E-state index in [0.29, 0.717) is 34.1 Å². The first kappa shape index (κ1) is 27.5. The van der Waals surface area contributed by atoms with Gasteiger partial charge >= 0.3 is 0 Å². The van der Waals surface area contributed by atoms with Gasteiger partial charge in [0.1, 0.15) is 28.7 Å². The van der Waals surface area contributed by atoms with Crippen molar-refractivity contribution in [3.8, 4) is 17.2 Å². The highest BCUT2D eigenvalue weighted by atomic mass is 16.5. The molecule has 1 saturated heterocycles. The number of carbonyl (C=O) groups excluding carboxylic acids is 3. The van der Waals surface area contributed by atoms with Gasteiger partial charge in [-0.1, -0.05) is 42.5 Å². The maximum atomic E-state index is 15.1. The van der Waals surface area contributed by atoms with Crippen LogP contribution >= 0.6 is 0 Å². The predicted octanol–water partition coefficient (Wildman–Crippen LogP) is 5.69. The number of amides is 1. The molecule has 4 atom stereocenters. The zero-order chi connectivity index (χ0) is 30.6. The topological polar surface area (TPSA) is 94.2 Å². The van der Waals surface area contributed by atoms with Crippen LogP contribution in [0.1, 0.15) is 43.4 Å². The summed E-state index contributed by atoms with van der Waals surface area (Å²) in [6, 6.07) is 25.4. The van der Waals surface area contributed by atoms with Crippen molar-refractivity contribution in [2.75, 3.05) is 26.6 Å². The summed E-state index contributed by atoms with van der Waals surface area (Å²) in [4.78, 5) is 46.4. The highest BCUT2D eigenvalue weighted by Crippen LogP contribution is 2.62. The number of ketones is 2. The summed E-state index contributed by atoms with van der Waals surface area (Å²) < 4.78 is 16.4. The second-order valence-electron chi connectivity index (χ2n) is 11.1. The first-order chi connectivity index (χ1) is 21.4. The molecule has 44 heavy (non-hydrogen) atoms. The number of nitrogens with one attached hydrogen (secondary N) is 1. The van der Waals surface area contributed by atoms with E-state index < -0.39 is 23.4 Å². The monoisotopic (exact) mass is 586 g/mol. The highest BCUT2D eigenvalue weighted by molar-refractivity contribution is 6.17. The second-order valence-corrected chi connectivity index (χ2v) is 11.1. The zero-order valence-corrected chi connectivity index (χ0v) is 24.4. The lowest BCUT2D eigenvalue weighted by Crippen LogP contribution is -2.49. The predicted molar refractivity (Wildman–Crippen MR) is 165 cm³/mol. The molecule has 0 aliphatic carbocycles. The smallest absolute Gasteiger partial charge is 0.238 e. The molecule has 8 nitrogen and oxygen atoms in total. The SMILES string of the molecule is COc1ccc(C(=O)[C@H]2[C@H](C(=O)c3ccc(OC)cc3OC)[C@]3(C(=O)Nc4ccccc43)[C@H]3c4ccccc4C=CN23)cc1. The molecule has 0 aromatic heterocycles. The van der Waals surface area contributed by atoms with Gasteiger partial charge in [-0.15, -0.1) is 0 Å². The Morgan fingerprint density at radius 3 is 2.25 bits per heavy atom. The van der Waals surface area contributed by atoms with Crippen molar-refractivity contribution in [3.05, 3.63) is 125 Å². The van der Waals surface area contributed by atoms with Crippen LogP contribution in [0.25, 0.3) is 6.08 Å². The van der Waals surface area contributed by atoms with Gasteiger partial charge in [-0.25, -0.2) is 0 Å². The number of para-hydroxylation sites is 1. The molecular formula is C36H30N2O6. The van der Waals surface area contributed by atoms with E-state index in [-0.39, 0.29) is 23.0 Å². The summed E-state index contributed by atoms with van der Waals surface area (Å²) in [5.74, 6) is -0.673. The summed E-state index contributed by atoms with van der Waals surface area (Å²) in [6.45, 7) is 0. The van der Waals surface area contributed by atoms with Crippen LogP contribution in [0.2, 0.25) is 0 Å². The number of rotatable bonds is 7. The van der Waals surface area contributed by atoms with E-state index in [4.69, 9.17) is 14.2 Å². The molecule has 0 bridgehead atoms. The highest BCUT2D eigenvalue weighted by Gasteiger charge is 2.70. The molecule has 0 unspecified atom stereocenters. The molecule has 220 valence electrons. The molecule has 4 aromatic rings.